The molecule has 0 saturated carbocycles. The summed E-state index contributed by atoms with van der Waals surface area (Å²) in [6.45, 7) is 9.41. The number of methoxy groups -OCH3 is 1. The van der Waals surface area contributed by atoms with E-state index >= 15 is 0 Å². The molecule has 0 spiro atoms. The molecule has 1 aliphatic rings. The van der Waals surface area contributed by atoms with Gasteiger partial charge in [0.2, 0.25) is 0 Å². The third-order valence-electron chi connectivity index (χ3n) is 4.62. The van der Waals surface area contributed by atoms with Gasteiger partial charge in [0.25, 0.3) is 0 Å². The molecule has 0 bridgehead atoms. The molecule has 1 aromatic rings. The molecule has 0 N–H and O–H groups in total. The van der Waals surface area contributed by atoms with E-state index in [1.165, 1.54) is 49.9 Å². The van der Waals surface area contributed by atoms with Crippen molar-refractivity contribution in [3.8, 4) is 5.75 Å². The predicted octanol–water partition coefficient (Wildman–Crippen LogP) is 4.66. The van der Waals surface area contributed by atoms with Crippen molar-refractivity contribution in [3.05, 3.63) is 29.3 Å². The van der Waals surface area contributed by atoms with Crippen molar-refractivity contribution >= 4 is 12.4 Å². The molecule has 1 aromatic carbocycles. The number of rotatable bonds is 6. The lowest BCUT2D eigenvalue weighted by atomic mass is 9.79. The minimum absolute atomic E-state index is 0. The highest BCUT2D eigenvalue weighted by molar-refractivity contribution is 5.85. The van der Waals surface area contributed by atoms with E-state index in [9.17, 15) is 0 Å². The molecule has 0 fully saturated rings. The van der Waals surface area contributed by atoms with Gasteiger partial charge < -0.3 is 4.74 Å². The van der Waals surface area contributed by atoms with Gasteiger partial charge in [-0.15, -0.1) is 12.4 Å². The molecule has 2 unspecified atom stereocenters. The maximum Gasteiger partial charge on any atom is 0.119 e. The molecular formula is C18H30ClNO. The molecule has 2 nitrogen and oxygen atoms in total. The Bertz CT molecular complexity index is 429. The van der Waals surface area contributed by atoms with Gasteiger partial charge in [0.15, 0.2) is 0 Å². The van der Waals surface area contributed by atoms with Crippen LogP contribution in [0.15, 0.2) is 18.2 Å². The Morgan fingerprint density at radius 1 is 1.19 bits per heavy atom. The van der Waals surface area contributed by atoms with E-state index in [1.807, 2.05) is 0 Å². The zero-order valence-corrected chi connectivity index (χ0v) is 14.7. The van der Waals surface area contributed by atoms with Crippen molar-refractivity contribution in [1.29, 1.82) is 0 Å². The summed E-state index contributed by atoms with van der Waals surface area (Å²) in [5.41, 5.74) is 3.01. The SMILES string of the molecule is CCCN(CCC)C1CCc2ccc(OC)cc2C1C.Cl. The second-order valence-corrected chi connectivity index (χ2v) is 6.00. The highest BCUT2D eigenvalue weighted by atomic mass is 35.5. The van der Waals surface area contributed by atoms with Gasteiger partial charge >= 0.3 is 0 Å². The minimum atomic E-state index is 0. The molecule has 0 aromatic heterocycles. The van der Waals surface area contributed by atoms with Crippen LogP contribution in [0.4, 0.5) is 0 Å². The second-order valence-electron chi connectivity index (χ2n) is 6.00. The van der Waals surface area contributed by atoms with Crippen LogP contribution in [-0.4, -0.2) is 31.1 Å². The summed E-state index contributed by atoms with van der Waals surface area (Å²) >= 11 is 0. The lowest BCUT2D eigenvalue weighted by molar-refractivity contribution is 0.159. The topological polar surface area (TPSA) is 12.5 Å². The van der Waals surface area contributed by atoms with E-state index in [0.29, 0.717) is 12.0 Å². The van der Waals surface area contributed by atoms with Crippen molar-refractivity contribution < 1.29 is 4.74 Å². The summed E-state index contributed by atoms with van der Waals surface area (Å²) in [6.07, 6.45) is 4.99. The van der Waals surface area contributed by atoms with Gasteiger partial charge in [-0.1, -0.05) is 26.8 Å². The van der Waals surface area contributed by atoms with Crippen molar-refractivity contribution in [2.45, 2.75) is 58.4 Å². The Labute approximate surface area is 136 Å². The first-order valence-electron chi connectivity index (χ1n) is 8.12. The van der Waals surface area contributed by atoms with Crippen LogP contribution in [0, 0.1) is 0 Å². The zero-order valence-electron chi connectivity index (χ0n) is 13.9. The first kappa shape index (κ1) is 18.3. The first-order chi connectivity index (χ1) is 9.71. The van der Waals surface area contributed by atoms with Crippen LogP contribution in [0.2, 0.25) is 0 Å². The average molecular weight is 312 g/mol. The summed E-state index contributed by atoms with van der Waals surface area (Å²) in [7, 11) is 1.76. The summed E-state index contributed by atoms with van der Waals surface area (Å²) in [5.74, 6) is 1.60. The molecule has 1 aliphatic carbocycles. The summed E-state index contributed by atoms with van der Waals surface area (Å²) in [4.78, 5) is 2.70. The third-order valence-corrected chi connectivity index (χ3v) is 4.62. The average Bonchev–Trinajstić information content (AvgIpc) is 2.47. The zero-order chi connectivity index (χ0) is 14.5. The number of ether oxygens (including phenoxy) is 1. The van der Waals surface area contributed by atoms with Gasteiger partial charge in [0.1, 0.15) is 5.75 Å². The lowest BCUT2D eigenvalue weighted by Gasteiger charge is -2.39. The van der Waals surface area contributed by atoms with Crippen molar-refractivity contribution in [2.24, 2.45) is 0 Å². The van der Waals surface area contributed by atoms with Gasteiger partial charge in [0.05, 0.1) is 7.11 Å². The van der Waals surface area contributed by atoms with Gasteiger partial charge in [-0.25, -0.2) is 0 Å². The molecule has 3 heteroatoms. The smallest absolute Gasteiger partial charge is 0.119 e. The lowest BCUT2D eigenvalue weighted by Crippen LogP contribution is -2.42. The van der Waals surface area contributed by atoms with Crippen LogP contribution in [0.1, 0.15) is 57.1 Å². The van der Waals surface area contributed by atoms with E-state index < -0.39 is 0 Å². The van der Waals surface area contributed by atoms with Crippen LogP contribution in [-0.2, 0) is 6.42 Å². The fourth-order valence-corrected chi connectivity index (χ4v) is 3.63. The van der Waals surface area contributed by atoms with Crippen LogP contribution >= 0.6 is 12.4 Å². The maximum atomic E-state index is 5.41. The predicted molar refractivity (Wildman–Crippen MR) is 92.9 cm³/mol. The number of halogens is 1. The molecule has 2 rings (SSSR count). The number of benzene rings is 1. The number of nitrogens with zero attached hydrogens (tertiary/aromatic N) is 1. The maximum absolute atomic E-state index is 5.41. The van der Waals surface area contributed by atoms with E-state index in [1.54, 1.807) is 7.11 Å². The monoisotopic (exact) mass is 311 g/mol. The summed E-state index contributed by atoms with van der Waals surface area (Å²) in [6, 6.07) is 7.30. The summed E-state index contributed by atoms with van der Waals surface area (Å²) < 4.78 is 5.41. The highest BCUT2D eigenvalue weighted by Gasteiger charge is 2.30. The van der Waals surface area contributed by atoms with E-state index in [4.69, 9.17) is 4.74 Å². The largest absolute Gasteiger partial charge is 0.497 e. The Balaban J connectivity index is 0.00000220. The number of fused-ring (bicyclic) bond motifs is 1. The molecule has 120 valence electrons. The summed E-state index contributed by atoms with van der Waals surface area (Å²) in [5, 5.41) is 0. The van der Waals surface area contributed by atoms with E-state index in [-0.39, 0.29) is 12.4 Å². The molecule has 0 aliphatic heterocycles. The quantitative estimate of drug-likeness (QED) is 0.757. The molecule has 21 heavy (non-hydrogen) atoms. The Morgan fingerprint density at radius 3 is 2.43 bits per heavy atom. The Kier molecular flexibility index (Phi) is 7.55. The first-order valence-corrected chi connectivity index (χ1v) is 8.12. The standard InChI is InChI=1S/C18H29NO.ClH/c1-5-11-19(12-6-2)18-10-8-15-7-9-16(20-4)13-17(15)14(18)3;/h7,9,13-14,18H,5-6,8,10-12H2,1-4H3;1H. The number of hydrogen-bond donors (Lipinski definition) is 0. The fraction of sp³-hybridized carbons (Fsp3) is 0.667. The Morgan fingerprint density at radius 2 is 1.86 bits per heavy atom. The van der Waals surface area contributed by atoms with Crippen molar-refractivity contribution in [3.63, 3.8) is 0 Å². The fourth-order valence-electron chi connectivity index (χ4n) is 3.63. The number of hydrogen-bond acceptors (Lipinski definition) is 2. The van der Waals surface area contributed by atoms with Crippen molar-refractivity contribution in [2.75, 3.05) is 20.2 Å². The van der Waals surface area contributed by atoms with E-state index in [0.717, 1.165) is 5.75 Å². The molecular weight excluding hydrogens is 282 g/mol. The van der Waals surface area contributed by atoms with Gasteiger partial charge in [-0.05, 0) is 68.0 Å². The second kappa shape index (κ2) is 8.65. The van der Waals surface area contributed by atoms with Crippen molar-refractivity contribution in [1.82, 2.24) is 4.90 Å². The highest BCUT2D eigenvalue weighted by Crippen LogP contribution is 2.36. The molecule has 0 saturated heterocycles. The minimum Gasteiger partial charge on any atom is -0.497 e. The normalized spacial score (nSPS) is 20.8. The molecule has 2 atom stereocenters. The van der Waals surface area contributed by atoms with Crippen LogP contribution in [0.5, 0.6) is 5.75 Å². The van der Waals surface area contributed by atoms with Crippen LogP contribution in [0.25, 0.3) is 0 Å². The van der Waals surface area contributed by atoms with E-state index in [2.05, 4.69) is 43.9 Å². The van der Waals surface area contributed by atoms with Crippen LogP contribution < -0.4 is 4.74 Å². The van der Waals surface area contributed by atoms with Gasteiger partial charge in [-0.3, -0.25) is 4.90 Å². The van der Waals surface area contributed by atoms with Crippen LogP contribution in [0.3, 0.4) is 0 Å². The third kappa shape index (κ3) is 4.14. The molecule has 0 radical (unpaired) electrons. The molecule has 0 amide bonds. The number of aryl methyl sites for hydroxylation is 1. The van der Waals surface area contributed by atoms with Gasteiger partial charge in [-0.2, -0.15) is 0 Å². The Hall–Kier alpha value is -0.730. The van der Waals surface area contributed by atoms with Gasteiger partial charge in [0, 0.05) is 6.04 Å². The molecule has 0 heterocycles.